The summed E-state index contributed by atoms with van der Waals surface area (Å²) < 4.78 is 39.9. The van der Waals surface area contributed by atoms with E-state index < -0.39 is 17.5 Å². The average molecular weight is 413 g/mol. The summed E-state index contributed by atoms with van der Waals surface area (Å²) in [5.74, 6) is -3.33. The largest absolute Gasteiger partial charge is 0.339 e. The average Bonchev–Trinajstić information content (AvgIpc) is 2.70. The van der Waals surface area contributed by atoms with Gasteiger partial charge in [-0.25, -0.2) is 13.2 Å². The van der Waals surface area contributed by atoms with Gasteiger partial charge in [-0.3, -0.25) is 4.79 Å². The molecule has 1 N–H and O–H groups in total. The minimum absolute atomic E-state index is 0. The van der Waals surface area contributed by atoms with Crippen LogP contribution in [0.1, 0.15) is 29.6 Å². The van der Waals surface area contributed by atoms with Crippen molar-refractivity contribution in [2.45, 2.75) is 19.3 Å². The van der Waals surface area contributed by atoms with Gasteiger partial charge in [0.1, 0.15) is 0 Å². The smallest absolute Gasteiger partial charge is 0.253 e. The molecule has 0 bridgehead atoms. The van der Waals surface area contributed by atoms with Crippen LogP contribution in [-0.2, 0) is 0 Å². The molecule has 1 heterocycles. The summed E-state index contributed by atoms with van der Waals surface area (Å²) in [6.45, 7) is 2.47. The van der Waals surface area contributed by atoms with Crippen LogP contribution in [0.2, 0.25) is 0 Å². The fourth-order valence-corrected chi connectivity index (χ4v) is 3.48. The van der Waals surface area contributed by atoms with Crippen LogP contribution in [0.15, 0.2) is 36.4 Å². The molecule has 0 saturated carbocycles. The molecule has 0 atom stereocenters. The van der Waals surface area contributed by atoms with Crippen LogP contribution < -0.4 is 5.32 Å². The fraction of sp³-hybridized carbons (Fsp3) is 0.381. The molecule has 0 aromatic heterocycles. The lowest BCUT2D eigenvalue weighted by Crippen LogP contribution is -2.38. The van der Waals surface area contributed by atoms with E-state index in [2.05, 4.69) is 5.32 Å². The standard InChI is InChI=1S/C21H23F3N2O.ClH/c1-25-9-6-14-7-10-26(11-8-14)21(27)16-4-2-15(3-5-16)17-12-18(22)20(24)19(23)13-17;/h2-5,12-14,25H,6-11H2,1H3;1H. The molecule has 1 fully saturated rings. The summed E-state index contributed by atoms with van der Waals surface area (Å²) >= 11 is 0. The van der Waals surface area contributed by atoms with Gasteiger partial charge >= 0.3 is 0 Å². The van der Waals surface area contributed by atoms with E-state index in [4.69, 9.17) is 0 Å². The monoisotopic (exact) mass is 412 g/mol. The zero-order valence-electron chi connectivity index (χ0n) is 15.7. The first-order valence-corrected chi connectivity index (χ1v) is 9.18. The van der Waals surface area contributed by atoms with Crippen LogP contribution in [0.5, 0.6) is 0 Å². The lowest BCUT2D eigenvalue weighted by Gasteiger charge is -2.32. The van der Waals surface area contributed by atoms with E-state index in [1.165, 1.54) is 0 Å². The number of rotatable bonds is 5. The number of halogens is 4. The van der Waals surface area contributed by atoms with Gasteiger partial charge in [-0.1, -0.05) is 12.1 Å². The maximum Gasteiger partial charge on any atom is 0.253 e. The van der Waals surface area contributed by atoms with E-state index in [0.29, 0.717) is 17.0 Å². The Balaban J connectivity index is 0.00000280. The van der Waals surface area contributed by atoms with Gasteiger partial charge in [-0.15, -0.1) is 12.4 Å². The Morgan fingerprint density at radius 2 is 1.61 bits per heavy atom. The van der Waals surface area contributed by atoms with E-state index in [9.17, 15) is 18.0 Å². The summed E-state index contributed by atoms with van der Waals surface area (Å²) in [5, 5.41) is 3.16. The van der Waals surface area contributed by atoms with Gasteiger partial charge in [0.25, 0.3) is 5.91 Å². The molecule has 2 aromatic rings. The van der Waals surface area contributed by atoms with Gasteiger partial charge in [-0.2, -0.15) is 0 Å². The Kier molecular flexibility index (Phi) is 7.89. The highest BCUT2D eigenvalue weighted by atomic mass is 35.5. The van der Waals surface area contributed by atoms with Gasteiger partial charge in [-0.05, 0) is 74.2 Å². The highest BCUT2D eigenvalue weighted by Gasteiger charge is 2.23. The number of amides is 1. The molecule has 0 spiro atoms. The van der Waals surface area contributed by atoms with Gasteiger partial charge in [0.2, 0.25) is 0 Å². The van der Waals surface area contributed by atoms with Crippen molar-refractivity contribution in [1.29, 1.82) is 0 Å². The SMILES string of the molecule is CNCCC1CCN(C(=O)c2ccc(-c3cc(F)c(F)c(F)c3)cc2)CC1.Cl. The van der Waals surface area contributed by atoms with Crippen LogP contribution in [-0.4, -0.2) is 37.5 Å². The third-order valence-electron chi connectivity index (χ3n) is 5.15. The third kappa shape index (κ3) is 5.06. The van der Waals surface area contributed by atoms with Crippen LogP contribution in [0, 0.1) is 23.4 Å². The van der Waals surface area contributed by atoms with Crippen molar-refractivity contribution in [2.75, 3.05) is 26.7 Å². The molecule has 1 aliphatic rings. The van der Waals surface area contributed by atoms with Crippen molar-refractivity contribution in [2.24, 2.45) is 5.92 Å². The maximum atomic E-state index is 13.4. The lowest BCUT2D eigenvalue weighted by molar-refractivity contribution is 0.0687. The summed E-state index contributed by atoms with van der Waals surface area (Å²) in [7, 11) is 1.94. The molecule has 3 nitrogen and oxygen atoms in total. The Morgan fingerprint density at radius 1 is 1.04 bits per heavy atom. The zero-order valence-corrected chi connectivity index (χ0v) is 16.5. The second kappa shape index (κ2) is 9.94. The minimum atomic E-state index is -1.48. The molecule has 1 aliphatic heterocycles. The molecule has 0 aliphatic carbocycles. The van der Waals surface area contributed by atoms with Crippen molar-refractivity contribution in [1.82, 2.24) is 10.2 Å². The molecule has 0 unspecified atom stereocenters. The number of likely N-dealkylation sites (tertiary alicyclic amines) is 1. The van der Waals surface area contributed by atoms with E-state index in [1.807, 2.05) is 11.9 Å². The first kappa shape index (κ1) is 22.2. The molecule has 7 heteroatoms. The Bertz CT molecular complexity index is 783. The summed E-state index contributed by atoms with van der Waals surface area (Å²) in [5.41, 5.74) is 1.29. The van der Waals surface area contributed by atoms with Crippen molar-refractivity contribution < 1.29 is 18.0 Å². The Morgan fingerprint density at radius 3 is 2.14 bits per heavy atom. The van der Waals surface area contributed by atoms with Crippen molar-refractivity contribution in [3.8, 4) is 11.1 Å². The normalized spacial score (nSPS) is 14.6. The van der Waals surface area contributed by atoms with Crippen LogP contribution in [0.3, 0.4) is 0 Å². The third-order valence-corrected chi connectivity index (χ3v) is 5.15. The second-order valence-corrected chi connectivity index (χ2v) is 6.96. The number of hydrogen-bond acceptors (Lipinski definition) is 2. The number of hydrogen-bond donors (Lipinski definition) is 1. The highest BCUT2D eigenvalue weighted by Crippen LogP contribution is 2.25. The second-order valence-electron chi connectivity index (χ2n) is 6.96. The van der Waals surface area contributed by atoms with Crippen molar-refractivity contribution in [3.63, 3.8) is 0 Å². The van der Waals surface area contributed by atoms with Gasteiger partial charge < -0.3 is 10.2 Å². The first-order valence-electron chi connectivity index (χ1n) is 9.18. The molecule has 2 aromatic carbocycles. The predicted octanol–water partition coefficient (Wildman–Crippen LogP) is 4.65. The highest BCUT2D eigenvalue weighted by molar-refractivity contribution is 5.94. The molecule has 1 saturated heterocycles. The number of carbonyl (C=O) groups is 1. The molecule has 0 radical (unpaired) electrons. The lowest BCUT2D eigenvalue weighted by atomic mass is 9.93. The van der Waals surface area contributed by atoms with E-state index in [0.717, 1.165) is 51.0 Å². The summed E-state index contributed by atoms with van der Waals surface area (Å²) in [4.78, 5) is 14.5. The van der Waals surface area contributed by atoms with Crippen molar-refractivity contribution in [3.05, 3.63) is 59.4 Å². The molecule has 1 amide bonds. The molecular formula is C21H24ClF3N2O. The van der Waals surface area contributed by atoms with Gasteiger partial charge in [0.05, 0.1) is 0 Å². The maximum absolute atomic E-state index is 13.4. The molecular weight excluding hydrogens is 389 g/mol. The molecule has 3 rings (SSSR count). The van der Waals surface area contributed by atoms with Crippen LogP contribution in [0.25, 0.3) is 11.1 Å². The number of nitrogens with zero attached hydrogens (tertiary/aromatic N) is 1. The minimum Gasteiger partial charge on any atom is -0.339 e. The van der Waals surface area contributed by atoms with Crippen LogP contribution >= 0.6 is 12.4 Å². The number of piperidine rings is 1. The van der Waals surface area contributed by atoms with Crippen molar-refractivity contribution >= 4 is 18.3 Å². The number of carbonyl (C=O) groups excluding carboxylic acids is 1. The Hall–Kier alpha value is -2.05. The zero-order chi connectivity index (χ0) is 19.4. The van der Waals surface area contributed by atoms with E-state index in [-0.39, 0.29) is 23.9 Å². The van der Waals surface area contributed by atoms with Gasteiger partial charge in [0.15, 0.2) is 17.5 Å². The number of benzene rings is 2. The first-order chi connectivity index (χ1) is 13.0. The number of nitrogens with one attached hydrogen (secondary N) is 1. The van der Waals surface area contributed by atoms with E-state index >= 15 is 0 Å². The fourth-order valence-electron chi connectivity index (χ4n) is 3.48. The predicted molar refractivity (Wildman–Crippen MR) is 106 cm³/mol. The summed E-state index contributed by atoms with van der Waals surface area (Å²) in [6, 6.07) is 8.43. The van der Waals surface area contributed by atoms with E-state index in [1.54, 1.807) is 24.3 Å². The quantitative estimate of drug-likeness (QED) is 0.725. The summed E-state index contributed by atoms with van der Waals surface area (Å²) in [6.07, 6.45) is 3.12. The van der Waals surface area contributed by atoms with Gasteiger partial charge in [0, 0.05) is 18.7 Å². The molecule has 152 valence electrons. The molecule has 28 heavy (non-hydrogen) atoms. The van der Waals surface area contributed by atoms with Crippen LogP contribution in [0.4, 0.5) is 13.2 Å². The Labute approximate surface area is 169 Å². The topological polar surface area (TPSA) is 32.3 Å².